The second-order valence-corrected chi connectivity index (χ2v) is 4.79. The molecule has 0 bridgehead atoms. The number of pyridine rings is 1. The maximum Gasteiger partial charge on any atom is 0.137 e. The standard InChI is InChI=1S/C12H16N2/c1-8-9-5-6-13-11(9)14-7-10(8)12(2,3)4/h5-7H,1-4H3,(H,13,14). The number of aromatic amines is 1. The van der Waals surface area contributed by atoms with Crippen LogP contribution < -0.4 is 0 Å². The topological polar surface area (TPSA) is 28.7 Å². The van der Waals surface area contributed by atoms with Crippen LogP contribution in [0.15, 0.2) is 18.5 Å². The molecule has 1 N–H and O–H groups in total. The molecule has 0 atom stereocenters. The number of hydrogen-bond acceptors (Lipinski definition) is 1. The van der Waals surface area contributed by atoms with Crippen molar-refractivity contribution in [3.05, 3.63) is 29.6 Å². The van der Waals surface area contributed by atoms with Gasteiger partial charge < -0.3 is 4.98 Å². The highest BCUT2D eigenvalue weighted by Crippen LogP contribution is 2.28. The highest BCUT2D eigenvalue weighted by atomic mass is 14.8. The van der Waals surface area contributed by atoms with Gasteiger partial charge in [0.2, 0.25) is 0 Å². The molecule has 0 unspecified atom stereocenters. The zero-order valence-corrected chi connectivity index (χ0v) is 9.18. The van der Waals surface area contributed by atoms with Gasteiger partial charge in [-0.25, -0.2) is 4.98 Å². The summed E-state index contributed by atoms with van der Waals surface area (Å²) in [7, 11) is 0. The monoisotopic (exact) mass is 188 g/mol. The van der Waals surface area contributed by atoms with E-state index in [0.29, 0.717) is 0 Å². The summed E-state index contributed by atoms with van der Waals surface area (Å²) in [5.74, 6) is 0. The Morgan fingerprint density at radius 2 is 2.00 bits per heavy atom. The van der Waals surface area contributed by atoms with Crippen LogP contribution in [-0.2, 0) is 5.41 Å². The van der Waals surface area contributed by atoms with Crippen molar-refractivity contribution in [1.29, 1.82) is 0 Å². The summed E-state index contributed by atoms with van der Waals surface area (Å²) >= 11 is 0. The van der Waals surface area contributed by atoms with Crippen LogP contribution in [0.3, 0.4) is 0 Å². The molecule has 2 aromatic heterocycles. The van der Waals surface area contributed by atoms with Crippen molar-refractivity contribution in [3.8, 4) is 0 Å². The highest BCUT2D eigenvalue weighted by molar-refractivity contribution is 5.80. The molecule has 0 aliphatic carbocycles. The zero-order chi connectivity index (χ0) is 10.3. The number of nitrogens with zero attached hydrogens (tertiary/aromatic N) is 1. The quantitative estimate of drug-likeness (QED) is 0.676. The average molecular weight is 188 g/mol. The van der Waals surface area contributed by atoms with Crippen LogP contribution in [0.1, 0.15) is 31.9 Å². The molecular formula is C12H16N2. The van der Waals surface area contributed by atoms with Gasteiger partial charge in [0.05, 0.1) is 0 Å². The summed E-state index contributed by atoms with van der Waals surface area (Å²) in [6, 6.07) is 2.09. The van der Waals surface area contributed by atoms with E-state index >= 15 is 0 Å². The molecule has 0 saturated heterocycles. The van der Waals surface area contributed by atoms with Gasteiger partial charge in [0.15, 0.2) is 0 Å². The Labute approximate surface area is 84.4 Å². The fraction of sp³-hybridized carbons (Fsp3) is 0.417. The van der Waals surface area contributed by atoms with Crippen molar-refractivity contribution >= 4 is 11.0 Å². The fourth-order valence-corrected chi connectivity index (χ4v) is 1.90. The first-order valence-corrected chi connectivity index (χ1v) is 4.93. The molecule has 2 heterocycles. The van der Waals surface area contributed by atoms with E-state index in [2.05, 4.69) is 43.7 Å². The first kappa shape index (κ1) is 9.25. The normalized spacial score (nSPS) is 12.3. The summed E-state index contributed by atoms with van der Waals surface area (Å²) in [4.78, 5) is 7.54. The van der Waals surface area contributed by atoms with Gasteiger partial charge in [0.25, 0.3) is 0 Å². The summed E-state index contributed by atoms with van der Waals surface area (Å²) in [5, 5.41) is 1.23. The van der Waals surface area contributed by atoms with E-state index in [1.807, 2.05) is 12.4 Å². The Hall–Kier alpha value is -1.31. The van der Waals surface area contributed by atoms with Gasteiger partial charge in [-0.15, -0.1) is 0 Å². The van der Waals surface area contributed by atoms with E-state index in [9.17, 15) is 0 Å². The van der Waals surface area contributed by atoms with Crippen LogP contribution >= 0.6 is 0 Å². The van der Waals surface area contributed by atoms with E-state index in [0.717, 1.165) is 5.65 Å². The van der Waals surface area contributed by atoms with Gasteiger partial charge in [-0.05, 0) is 29.5 Å². The lowest BCUT2D eigenvalue weighted by Crippen LogP contribution is -2.13. The molecule has 2 nitrogen and oxygen atoms in total. The summed E-state index contributed by atoms with van der Waals surface area (Å²) in [5.41, 5.74) is 3.81. The highest BCUT2D eigenvalue weighted by Gasteiger charge is 2.18. The van der Waals surface area contributed by atoms with E-state index in [1.54, 1.807) is 0 Å². The first-order chi connectivity index (χ1) is 6.50. The van der Waals surface area contributed by atoms with Crippen LogP contribution in [0.4, 0.5) is 0 Å². The minimum atomic E-state index is 0.169. The number of rotatable bonds is 0. The van der Waals surface area contributed by atoms with Gasteiger partial charge >= 0.3 is 0 Å². The number of H-pyrrole nitrogens is 1. The molecule has 2 rings (SSSR count). The lowest BCUT2D eigenvalue weighted by atomic mass is 9.85. The molecule has 0 saturated carbocycles. The van der Waals surface area contributed by atoms with Crippen molar-refractivity contribution in [1.82, 2.24) is 9.97 Å². The lowest BCUT2D eigenvalue weighted by molar-refractivity contribution is 0.585. The SMILES string of the molecule is Cc1c(C(C)(C)C)cnc2[nH]ccc12. The summed E-state index contributed by atoms with van der Waals surface area (Å²) in [6.45, 7) is 8.82. The molecule has 14 heavy (non-hydrogen) atoms. The molecule has 0 aliphatic heterocycles. The molecule has 0 spiro atoms. The number of aryl methyl sites for hydroxylation is 1. The van der Waals surface area contributed by atoms with Gasteiger partial charge in [-0.1, -0.05) is 20.8 Å². The summed E-state index contributed by atoms with van der Waals surface area (Å²) < 4.78 is 0. The van der Waals surface area contributed by atoms with E-state index in [1.165, 1.54) is 16.5 Å². The van der Waals surface area contributed by atoms with E-state index in [4.69, 9.17) is 0 Å². The number of aromatic nitrogens is 2. The minimum Gasteiger partial charge on any atom is -0.346 e. The minimum absolute atomic E-state index is 0.169. The lowest BCUT2D eigenvalue weighted by Gasteiger charge is -2.21. The molecule has 74 valence electrons. The first-order valence-electron chi connectivity index (χ1n) is 4.93. The van der Waals surface area contributed by atoms with Crippen LogP contribution in [0.2, 0.25) is 0 Å². The number of fused-ring (bicyclic) bond motifs is 1. The van der Waals surface area contributed by atoms with Crippen LogP contribution in [0, 0.1) is 6.92 Å². The van der Waals surface area contributed by atoms with Crippen LogP contribution in [0.5, 0.6) is 0 Å². The Kier molecular flexibility index (Phi) is 1.88. The van der Waals surface area contributed by atoms with Gasteiger partial charge in [0.1, 0.15) is 5.65 Å². The molecule has 0 fully saturated rings. The van der Waals surface area contributed by atoms with Gasteiger partial charge in [-0.2, -0.15) is 0 Å². The Morgan fingerprint density at radius 3 is 2.64 bits per heavy atom. The molecule has 2 aromatic rings. The molecule has 0 amide bonds. The Balaban J connectivity index is 2.74. The largest absolute Gasteiger partial charge is 0.346 e. The number of nitrogens with one attached hydrogen (secondary N) is 1. The zero-order valence-electron chi connectivity index (χ0n) is 9.18. The smallest absolute Gasteiger partial charge is 0.137 e. The average Bonchev–Trinajstić information content (AvgIpc) is 2.50. The van der Waals surface area contributed by atoms with Crippen molar-refractivity contribution in [2.75, 3.05) is 0 Å². The van der Waals surface area contributed by atoms with E-state index < -0.39 is 0 Å². The van der Waals surface area contributed by atoms with Crippen molar-refractivity contribution in [2.45, 2.75) is 33.1 Å². The Morgan fingerprint density at radius 1 is 1.29 bits per heavy atom. The van der Waals surface area contributed by atoms with Crippen molar-refractivity contribution in [3.63, 3.8) is 0 Å². The predicted octanol–water partition coefficient (Wildman–Crippen LogP) is 3.17. The molecular weight excluding hydrogens is 172 g/mol. The molecule has 0 aromatic carbocycles. The second-order valence-electron chi connectivity index (χ2n) is 4.79. The maximum absolute atomic E-state index is 4.41. The molecule has 0 aliphatic rings. The molecule has 2 heteroatoms. The fourth-order valence-electron chi connectivity index (χ4n) is 1.90. The van der Waals surface area contributed by atoms with Crippen LogP contribution in [0.25, 0.3) is 11.0 Å². The maximum atomic E-state index is 4.41. The number of hydrogen-bond donors (Lipinski definition) is 1. The third-order valence-corrected chi connectivity index (χ3v) is 2.66. The summed E-state index contributed by atoms with van der Waals surface area (Å²) in [6.07, 6.45) is 3.92. The third-order valence-electron chi connectivity index (χ3n) is 2.66. The second kappa shape index (κ2) is 2.84. The van der Waals surface area contributed by atoms with Crippen molar-refractivity contribution in [2.24, 2.45) is 0 Å². The third kappa shape index (κ3) is 1.31. The van der Waals surface area contributed by atoms with Gasteiger partial charge in [0, 0.05) is 17.8 Å². The van der Waals surface area contributed by atoms with Crippen molar-refractivity contribution < 1.29 is 0 Å². The Bertz CT molecular complexity index is 461. The van der Waals surface area contributed by atoms with E-state index in [-0.39, 0.29) is 5.41 Å². The van der Waals surface area contributed by atoms with Gasteiger partial charge in [-0.3, -0.25) is 0 Å². The van der Waals surface area contributed by atoms with Crippen LogP contribution in [-0.4, -0.2) is 9.97 Å². The molecule has 0 radical (unpaired) electrons. The predicted molar refractivity (Wildman–Crippen MR) is 59.5 cm³/mol.